The molecule has 0 aliphatic carbocycles. The summed E-state index contributed by atoms with van der Waals surface area (Å²) >= 11 is 0. The van der Waals surface area contributed by atoms with Crippen molar-refractivity contribution in [1.82, 2.24) is 28.2 Å². The molecule has 0 bridgehead atoms. The van der Waals surface area contributed by atoms with Crippen molar-refractivity contribution < 1.29 is 0 Å². The maximum Gasteiger partial charge on any atom is 0.145 e. The summed E-state index contributed by atoms with van der Waals surface area (Å²) in [6.07, 6.45) is 0. The molecule has 68 heavy (non-hydrogen) atoms. The summed E-state index contributed by atoms with van der Waals surface area (Å²) in [5, 5.41) is 4.88. The number of aromatic nitrogens is 6. The summed E-state index contributed by atoms with van der Waals surface area (Å²) in [6.45, 7) is 0. The normalized spacial score (nSPS) is 11.8. The van der Waals surface area contributed by atoms with Crippen LogP contribution in [0, 0.1) is 0 Å². The van der Waals surface area contributed by atoms with Crippen molar-refractivity contribution in [3.63, 3.8) is 0 Å². The molecule has 0 amide bonds. The molecule has 0 fully saturated rings. The molecule has 0 radical (unpaired) electrons. The largest absolute Gasteiger partial charge is 0.309 e. The van der Waals surface area contributed by atoms with E-state index in [2.05, 4.69) is 261 Å². The highest BCUT2D eigenvalue weighted by Crippen LogP contribution is 2.41. The number of nitrogens with zero attached hydrogens (tertiary/aromatic N) is 6. The second-order valence-corrected chi connectivity index (χ2v) is 17.5. The van der Waals surface area contributed by atoms with E-state index in [9.17, 15) is 0 Å². The number of fused-ring (bicyclic) bond motifs is 8. The number of benzene rings is 10. The highest BCUT2D eigenvalue weighted by atomic mass is 15.1. The van der Waals surface area contributed by atoms with Crippen LogP contribution in [0.5, 0.6) is 0 Å². The molecule has 6 nitrogen and oxygen atoms in total. The molecule has 0 saturated heterocycles. The van der Waals surface area contributed by atoms with Crippen LogP contribution in [-0.4, -0.2) is 28.2 Å². The molecular weight excluding hydrogens is 829 g/mol. The van der Waals surface area contributed by atoms with Crippen molar-refractivity contribution >= 4 is 65.7 Å². The Hall–Kier alpha value is -9.26. The zero-order valence-electron chi connectivity index (χ0n) is 36.8. The standard InChI is InChI=1S/C62H40N6/c1-3-19-41(20-4-1)61-63-53-27-11-17-33-59(53)67(61)47-37-44(38-48(40-47)68-60-34-18-12-28-54(60)64-62(68)42-21-5-2-6-22-42)43-35-45(65-55-29-13-7-23-49(55)50-24-8-14-30-56(50)65)39-46(36-43)66-57-31-15-9-25-51(57)52-26-10-16-32-58(52)66/h1-40H. The van der Waals surface area contributed by atoms with E-state index in [-0.39, 0.29) is 0 Å². The van der Waals surface area contributed by atoms with Crippen molar-refractivity contribution in [2.45, 2.75) is 0 Å². The van der Waals surface area contributed by atoms with Gasteiger partial charge in [-0.1, -0.05) is 158 Å². The fraction of sp³-hybridized carbons (Fsp3) is 0. The number of imidazole rings is 2. The second-order valence-electron chi connectivity index (χ2n) is 17.5. The second kappa shape index (κ2) is 15.2. The fourth-order valence-electron chi connectivity index (χ4n) is 10.6. The van der Waals surface area contributed by atoms with Gasteiger partial charge in [0.2, 0.25) is 0 Å². The Labute approximate surface area is 391 Å². The van der Waals surface area contributed by atoms with Crippen LogP contribution in [0.4, 0.5) is 0 Å². The minimum atomic E-state index is 0.874. The summed E-state index contributed by atoms with van der Waals surface area (Å²) in [7, 11) is 0. The summed E-state index contributed by atoms with van der Waals surface area (Å²) in [5.41, 5.74) is 16.8. The van der Waals surface area contributed by atoms with Gasteiger partial charge in [-0.3, -0.25) is 9.13 Å². The van der Waals surface area contributed by atoms with E-state index in [1.54, 1.807) is 0 Å². The zero-order valence-corrected chi connectivity index (χ0v) is 36.8. The van der Waals surface area contributed by atoms with E-state index >= 15 is 0 Å². The monoisotopic (exact) mass is 868 g/mol. The van der Waals surface area contributed by atoms with Crippen LogP contribution in [0.1, 0.15) is 0 Å². The van der Waals surface area contributed by atoms with Crippen molar-refractivity contribution in [3.8, 4) is 56.7 Å². The minimum Gasteiger partial charge on any atom is -0.309 e. The van der Waals surface area contributed by atoms with Crippen molar-refractivity contribution in [2.24, 2.45) is 0 Å². The average Bonchev–Trinajstić information content (AvgIpc) is 4.17. The van der Waals surface area contributed by atoms with Crippen molar-refractivity contribution in [1.29, 1.82) is 0 Å². The average molecular weight is 869 g/mol. The molecule has 4 heterocycles. The predicted molar refractivity (Wildman–Crippen MR) is 281 cm³/mol. The Morgan fingerprint density at radius 2 is 0.500 bits per heavy atom. The van der Waals surface area contributed by atoms with Gasteiger partial charge in [0.15, 0.2) is 0 Å². The third-order valence-electron chi connectivity index (χ3n) is 13.5. The number of rotatable bonds is 7. The maximum atomic E-state index is 5.32. The Morgan fingerprint density at radius 3 is 0.853 bits per heavy atom. The third kappa shape index (κ3) is 5.91. The van der Waals surface area contributed by atoms with Crippen LogP contribution in [0.25, 0.3) is 122 Å². The molecule has 0 spiro atoms. The molecule has 4 aromatic heterocycles. The van der Waals surface area contributed by atoms with E-state index in [4.69, 9.17) is 9.97 Å². The number of hydrogen-bond acceptors (Lipinski definition) is 2. The van der Waals surface area contributed by atoms with Crippen LogP contribution >= 0.6 is 0 Å². The summed E-state index contributed by atoms with van der Waals surface area (Å²) in [4.78, 5) is 10.6. The van der Waals surface area contributed by atoms with E-state index in [0.717, 1.165) is 101 Å². The molecule has 0 N–H and O–H groups in total. The van der Waals surface area contributed by atoms with Gasteiger partial charge in [0.05, 0.1) is 55.5 Å². The summed E-state index contributed by atoms with van der Waals surface area (Å²) < 4.78 is 9.52. The maximum absolute atomic E-state index is 5.32. The molecule has 318 valence electrons. The lowest BCUT2D eigenvalue weighted by atomic mass is 10.0. The van der Waals surface area contributed by atoms with E-state index < -0.39 is 0 Å². The molecule has 14 aromatic rings. The summed E-state index contributed by atoms with van der Waals surface area (Å²) in [5.74, 6) is 1.75. The third-order valence-corrected chi connectivity index (χ3v) is 13.5. The number of para-hydroxylation sites is 8. The molecule has 0 atom stereocenters. The molecule has 0 aliphatic heterocycles. The Balaban J connectivity index is 1.12. The molecule has 14 rings (SSSR count). The van der Waals surface area contributed by atoms with E-state index in [1.165, 1.54) is 21.5 Å². The Kier molecular flexibility index (Phi) is 8.48. The zero-order chi connectivity index (χ0) is 44.7. The van der Waals surface area contributed by atoms with Gasteiger partial charge in [0, 0.05) is 44.0 Å². The van der Waals surface area contributed by atoms with Crippen LogP contribution in [0.15, 0.2) is 243 Å². The first kappa shape index (κ1) is 38.1. The topological polar surface area (TPSA) is 45.5 Å². The van der Waals surface area contributed by atoms with Crippen LogP contribution in [0.2, 0.25) is 0 Å². The van der Waals surface area contributed by atoms with Gasteiger partial charge in [0.25, 0.3) is 0 Å². The predicted octanol–water partition coefficient (Wildman–Crippen LogP) is 15.6. The minimum absolute atomic E-state index is 0.874. The van der Waals surface area contributed by atoms with Gasteiger partial charge < -0.3 is 9.13 Å². The van der Waals surface area contributed by atoms with Gasteiger partial charge in [-0.15, -0.1) is 0 Å². The molecule has 6 heteroatoms. The first-order chi connectivity index (χ1) is 33.7. The molecule has 0 unspecified atom stereocenters. The molecule has 10 aromatic carbocycles. The fourth-order valence-corrected chi connectivity index (χ4v) is 10.6. The van der Waals surface area contributed by atoms with Crippen molar-refractivity contribution in [3.05, 3.63) is 243 Å². The number of hydrogen-bond donors (Lipinski definition) is 0. The lowest BCUT2D eigenvalue weighted by molar-refractivity contribution is 1.07. The molecule has 0 aliphatic rings. The Morgan fingerprint density at radius 1 is 0.221 bits per heavy atom. The first-order valence-corrected chi connectivity index (χ1v) is 23.1. The van der Waals surface area contributed by atoms with Crippen LogP contribution < -0.4 is 0 Å². The summed E-state index contributed by atoms with van der Waals surface area (Å²) in [6, 6.07) is 87.0. The van der Waals surface area contributed by atoms with Gasteiger partial charge >= 0.3 is 0 Å². The lowest BCUT2D eigenvalue weighted by Gasteiger charge is -2.19. The van der Waals surface area contributed by atoms with Crippen LogP contribution in [-0.2, 0) is 0 Å². The lowest BCUT2D eigenvalue weighted by Crippen LogP contribution is -2.04. The van der Waals surface area contributed by atoms with Gasteiger partial charge in [-0.25, -0.2) is 9.97 Å². The highest BCUT2D eigenvalue weighted by Gasteiger charge is 2.22. The van der Waals surface area contributed by atoms with Crippen LogP contribution in [0.3, 0.4) is 0 Å². The SMILES string of the molecule is c1ccc(-c2nc3ccccc3n2-c2cc(-c3cc(-n4c5ccccc5c5ccccc54)cc(-n4c5ccccc5c5ccccc54)c3)cc(-n3c(-c4ccccc4)nc4ccccc43)c2)cc1. The van der Waals surface area contributed by atoms with E-state index in [1.807, 2.05) is 0 Å². The van der Waals surface area contributed by atoms with E-state index in [0.29, 0.717) is 0 Å². The molecule has 0 saturated carbocycles. The van der Waals surface area contributed by atoms with Gasteiger partial charge in [0.1, 0.15) is 11.6 Å². The van der Waals surface area contributed by atoms with Gasteiger partial charge in [-0.2, -0.15) is 0 Å². The first-order valence-electron chi connectivity index (χ1n) is 23.1. The van der Waals surface area contributed by atoms with Crippen molar-refractivity contribution in [2.75, 3.05) is 0 Å². The quantitative estimate of drug-likeness (QED) is 0.160. The Bertz CT molecular complexity index is 3890. The smallest absolute Gasteiger partial charge is 0.145 e. The van der Waals surface area contributed by atoms with Gasteiger partial charge in [-0.05, 0) is 96.1 Å². The highest BCUT2D eigenvalue weighted by molar-refractivity contribution is 6.11. The molecular formula is C62H40N6.